The Morgan fingerprint density at radius 2 is 0.970 bits per heavy atom. The van der Waals surface area contributed by atoms with E-state index in [1.165, 1.54) is 22.3 Å². The van der Waals surface area contributed by atoms with Crippen LogP contribution in [0, 0.1) is 0 Å². The Balaban J connectivity index is 1.11. The molecule has 0 amide bonds. The molecule has 0 atom stereocenters. The van der Waals surface area contributed by atoms with Gasteiger partial charge in [0, 0.05) is 48.9 Å². The average molecular weight is 846 g/mol. The molecule has 0 aliphatic heterocycles. The van der Waals surface area contributed by atoms with Crippen LogP contribution in [0.2, 0.25) is 0 Å². The monoisotopic (exact) mass is 845 g/mol. The zero-order chi connectivity index (χ0) is 43.7. The number of nitrogens with zero attached hydrogens (tertiary/aromatic N) is 5. The van der Waals surface area contributed by atoms with Gasteiger partial charge in [-0.15, -0.1) is 0 Å². The topological polar surface area (TPSA) is 61.7 Å². The Labute approximate surface area is 379 Å². The first kappa shape index (κ1) is 36.8. The summed E-state index contributed by atoms with van der Waals surface area (Å²) in [5.41, 5.74) is 15.7. The lowest BCUT2D eigenvalue weighted by Gasteiger charge is -2.21. The number of para-hydroxylation sites is 3. The summed E-state index contributed by atoms with van der Waals surface area (Å²) in [7, 11) is 0. The first-order valence-electron chi connectivity index (χ1n) is 22.5. The third kappa shape index (κ3) is 5.09. The molecule has 0 fully saturated rings. The molecule has 310 valence electrons. The van der Waals surface area contributed by atoms with E-state index in [2.05, 4.69) is 205 Å². The van der Waals surface area contributed by atoms with Crippen LogP contribution in [0.15, 0.2) is 205 Å². The Kier molecular flexibility index (Phi) is 7.64. The van der Waals surface area contributed by atoms with E-state index >= 15 is 0 Å². The minimum Gasteiger partial charge on any atom is -0.454 e. The molecule has 6 nitrogen and oxygen atoms in total. The van der Waals surface area contributed by atoms with Gasteiger partial charge in [-0.1, -0.05) is 190 Å². The predicted octanol–water partition coefficient (Wildman–Crippen LogP) is 15.3. The molecule has 0 radical (unpaired) electrons. The fraction of sp³-hybridized carbons (Fsp3) is 0.0500. The third-order valence-electron chi connectivity index (χ3n) is 14.0. The largest absolute Gasteiger partial charge is 0.454 e. The number of aromatic nitrogens is 5. The van der Waals surface area contributed by atoms with E-state index in [-0.39, 0.29) is 5.41 Å². The van der Waals surface area contributed by atoms with E-state index in [1.807, 2.05) is 18.2 Å². The minimum absolute atomic E-state index is 0.183. The van der Waals surface area contributed by atoms with Crippen molar-refractivity contribution in [1.29, 1.82) is 0 Å². The van der Waals surface area contributed by atoms with Crippen molar-refractivity contribution in [3.63, 3.8) is 0 Å². The quantitative estimate of drug-likeness (QED) is 0.173. The first-order chi connectivity index (χ1) is 32.5. The van der Waals surface area contributed by atoms with Gasteiger partial charge in [0.05, 0.1) is 27.8 Å². The lowest BCUT2D eigenvalue weighted by atomic mass is 9.82. The molecule has 0 spiro atoms. The molecule has 0 saturated heterocycles. The Morgan fingerprint density at radius 3 is 1.74 bits per heavy atom. The third-order valence-corrected chi connectivity index (χ3v) is 14.0. The van der Waals surface area contributed by atoms with Gasteiger partial charge in [0.25, 0.3) is 0 Å². The van der Waals surface area contributed by atoms with Crippen LogP contribution in [0.5, 0.6) is 0 Å². The standard InChI is InChI=1S/C60H39N5O/c1-60(2)46-28-12-9-24-43(46)52-45(27-15-29-47(52)60)58-61-57(37-20-7-4-8-21-37)62-59(63-58)65-49-31-14-11-23-40(49)42-35-34-41-39-22-10-13-30-48(39)64(54(41)55(42)65)50-32-16-26-44-53-38(36-18-5-3-6-19-36)25-17-33-51(53)66-56(44)50/h3-35H,1-2H3. The molecular weight excluding hydrogens is 807 g/mol. The molecule has 0 N–H and O–H groups in total. The summed E-state index contributed by atoms with van der Waals surface area (Å²) in [6.45, 7) is 4.62. The lowest BCUT2D eigenvalue weighted by Crippen LogP contribution is -2.14. The Bertz CT molecular complexity index is 4140. The molecule has 0 saturated carbocycles. The maximum Gasteiger partial charge on any atom is 0.238 e. The van der Waals surface area contributed by atoms with Gasteiger partial charge < -0.3 is 8.98 Å². The molecule has 9 aromatic carbocycles. The summed E-state index contributed by atoms with van der Waals surface area (Å²) in [6, 6.07) is 70.9. The van der Waals surface area contributed by atoms with Gasteiger partial charge in [-0.2, -0.15) is 9.97 Å². The van der Waals surface area contributed by atoms with E-state index in [0.717, 1.165) is 93.5 Å². The summed E-state index contributed by atoms with van der Waals surface area (Å²) in [6.07, 6.45) is 0. The SMILES string of the molecule is CC1(C)c2ccccc2-c2c(-c3nc(-c4ccccc4)nc(-n4c5ccccc5c5ccc6c7ccccc7n(-c7cccc8c7oc7cccc(-c9ccccc9)c78)c6c54)n3)cccc21. The predicted molar refractivity (Wildman–Crippen MR) is 270 cm³/mol. The number of benzene rings is 9. The van der Waals surface area contributed by atoms with Crippen LogP contribution in [-0.2, 0) is 5.41 Å². The molecular formula is C60H39N5O. The normalized spacial score (nSPS) is 13.1. The van der Waals surface area contributed by atoms with Crippen molar-refractivity contribution in [2.45, 2.75) is 19.3 Å². The highest BCUT2D eigenvalue weighted by Gasteiger charge is 2.37. The summed E-state index contributed by atoms with van der Waals surface area (Å²) < 4.78 is 11.7. The van der Waals surface area contributed by atoms with Gasteiger partial charge in [-0.3, -0.25) is 4.57 Å². The summed E-state index contributed by atoms with van der Waals surface area (Å²) >= 11 is 0. The zero-order valence-corrected chi connectivity index (χ0v) is 36.2. The average Bonchev–Trinajstić information content (AvgIpc) is 4.10. The summed E-state index contributed by atoms with van der Waals surface area (Å²) in [5.74, 6) is 1.79. The van der Waals surface area contributed by atoms with Crippen LogP contribution in [0.25, 0.3) is 122 Å². The molecule has 1 aliphatic carbocycles. The van der Waals surface area contributed by atoms with Crippen molar-refractivity contribution in [1.82, 2.24) is 24.1 Å². The van der Waals surface area contributed by atoms with Crippen LogP contribution >= 0.6 is 0 Å². The molecule has 1 aliphatic rings. The second-order valence-electron chi connectivity index (χ2n) is 17.9. The molecule has 0 unspecified atom stereocenters. The van der Waals surface area contributed by atoms with Crippen molar-refractivity contribution in [3.8, 4) is 56.7 Å². The molecule has 14 rings (SSSR count). The maximum absolute atomic E-state index is 7.00. The molecule has 4 aromatic heterocycles. The van der Waals surface area contributed by atoms with Crippen molar-refractivity contribution < 1.29 is 4.42 Å². The van der Waals surface area contributed by atoms with Crippen molar-refractivity contribution >= 4 is 65.6 Å². The number of fused-ring (bicyclic) bond motifs is 13. The highest BCUT2D eigenvalue weighted by Crippen LogP contribution is 2.52. The molecule has 13 aromatic rings. The molecule has 6 heteroatoms. The maximum atomic E-state index is 7.00. The van der Waals surface area contributed by atoms with Gasteiger partial charge in [0.1, 0.15) is 5.58 Å². The van der Waals surface area contributed by atoms with Gasteiger partial charge in [0.15, 0.2) is 17.2 Å². The van der Waals surface area contributed by atoms with Crippen LogP contribution in [0.4, 0.5) is 0 Å². The molecule has 4 heterocycles. The number of furan rings is 1. The van der Waals surface area contributed by atoms with Crippen LogP contribution < -0.4 is 0 Å². The Hall–Kier alpha value is -8.61. The van der Waals surface area contributed by atoms with Gasteiger partial charge >= 0.3 is 0 Å². The summed E-state index contributed by atoms with van der Waals surface area (Å²) in [4.78, 5) is 16.3. The molecule has 0 bridgehead atoms. The van der Waals surface area contributed by atoms with Crippen molar-refractivity contribution in [2.75, 3.05) is 0 Å². The van der Waals surface area contributed by atoms with Gasteiger partial charge in [0.2, 0.25) is 5.95 Å². The molecule has 66 heavy (non-hydrogen) atoms. The van der Waals surface area contributed by atoms with E-state index in [1.54, 1.807) is 0 Å². The fourth-order valence-corrected chi connectivity index (χ4v) is 11.1. The highest BCUT2D eigenvalue weighted by molar-refractivity contribution is 6.24. The summed E-state index contributed by atoms with van der Waals surface area (Å²) in [5, 5.41) is 6.65. The van der Waals surface area contributed by atoms with E-state index in [9.17, 15) is 0 Å². The lowest BCUT2D eigenvalue weighted by molar-refractivity contribution is 0.660. The fourth-order valence-electron chi connectivity index (χ4n) is 11.1. The van der Waals surface area contributed by atoms with Gasteiger partial charge in [-0.25, -0.2) is 4.98 Å². The van der Waals surface area contributed by atoms with Crippen LogP contribution in [0.3, 0.4) is 0 Å². The number of hydrogen-bond acceptors (Lipinski definition) is 4. The first-order valence-corrected chi connectivity index (χ1v) is 22.5. The minimum atomic E-state index is -0.183. The highest BCUT2D eigenvalue weighted by atomic mass is 16.3. The number of rotatable bonds is 5. The smallest absolute Gasteiger partial charge is 0.238 e. The Morgan fingerprint density at radius 1 is 0.409 bits per heavy atom. The van der Waals surface area contributed by atoms with E-state index < -0.39 is 0 Å². The van der Waals surface area contributed by atoms with E-state index in [4.69, 9.17) is 19.4 Å². The van der Waals surface area contributed by atoms with Crippen molar-refractivity contribution in [2.24, 2.45) is 0 Å². The van der Waals surface area contributed by atoms with E-state index in [0.29, 0.717) is 17.6 Å². The van der Waals surface area contributed by atoms with Crippen molar-refractivity contribution in [3.05, 3.63) is 211 Å². The van der Waals surface area contributed by atoms with Crippen LogP contribution in [-0.4, -0.2) is 24.1 Å². The second-order valence-corrected chi connectivity index (χ2v) is 17.9. The zero-order valence-electron chi connectivity index (χ0n) is 36.2. The second kappa shape index (κ2) is 13.7. The van der Waals surface area contributed by atoms with Crippen LogP contribution in [0.1, 0.15) is 25.0 Å². The van der Waals surface area contributed by atoms with Gasteiger partial charge in [-0.05, 0) is 57.6 Å². The number of hydrogen-bond donors (Lipinski definition) is 0.